The Bertz CT molecular complexity index is 643. The Morgan fingerprint density at radius 3 is 3.22 bits per heavy atom. The Hall–Kier alpha value is -2.40. The third-order valence-corrected chi connectivity index (χ3v) is 4.64. The first-order chi connectivity index (χ1) is 11.1. The number of fused-ring (bicyclic) bond motifs is 1. The number of carbonyl (C=O) groups excluding carboxylic acids is 1. The highest BCUT2D eigenvalue weighted by Crippen LogP contribution is 2.32. The molecule has 2 aliphatic heterocycles. The number of anilines is 2. The first-order valence-corrected chi connectivity index (χ1v) is 7.71. The molecule has 0 spiro atoms. The summed E-state index contributed by atoms with van der Waals surface area (Å²) in [7, 11) is 1.99. The number of hydrogen-bond acceptors (Lipinski definition) is 7. The van der Waals surface area contributed by atoms with Gasteiger partial charge in [0, 0.05) is 20.1 Å². The lowest BCUT2D eigenvalue weighted by Gasteiger charge is -2.42. The third-order valence-electron chi connectivity index (χ3n) is 4.64. The van der Waals surface area contributed by atoms with Crippen LogP contribution in [-0.2, 0) is 16.2 Å². The van der Waals surface area contributed by atoms with Crippen LogP contribution < -0.4 is 10.4 Å². The minimum Gasteiger partial charge on any atom is -0.354 e. The summed E-state index contributed by atoms with van der Waals surface area (Å²) < 4.78 is 0. The number of carbonyl (C=O) groups is 1. The summed E-state index contributed by atoms with van der Waals surface area (Å²) in [5.74, 6) is 1.84. The molecule has 1 aromatic rings. The molecule has 2 atom stereocenters. The highest BCUT2D eigenvalue weighted by molar-refractivity contribution is 5.78. The van der Waals surface area contributed by atoms with E-state index in [0.717, 1.165) is 17.8 Å². The Morgan fingerprint density at radius 1 is 1.61 bits per heavy atom. The van der Waals surface area contributed by atoms with E-state index in [1.165, 1.54) is 6.33 Å². The summed E-state index contributed by atoms with van der Waals surface area (Å²) in [4.78, 5) is 29.7. The number of nitriles is 1. The molecule has 3 rings (SSSR count). The SMILES string of the molecule is C[C@@H]1CCN(C(=O)CC#N)CC1N(C)c1ncnc2c1CON2. The Kier molecular flexibility index (Phi) is 4.30. The zero-order valence-corrected chi connectivity index (χ0v) is 13.3. The molecule has 1 saturated heterocycles. The predicted molar refractivity (Wildman–Crippen MR) is 83.2 cm³/mol. The van der Waals surface area contributed by atoms with Crippen molar-refractivity contribution in [3.8, 4) is 6.07 Å². The zero-order chi connectivity index (χ0) is 16.4. The number of likely N-dealkylation sites (N-methyl/N-ethyl adjacent to an activating group) is 1. The van der Waals surface area contributed by atoms with E-state index in [1.54, 1.807) is 4.90 Å². The fourth-order valence-corrected chi connectivity index (χ4v) is 3.22. The fourth-order valence-electron chi connectivity index (χ4n) is 3.22. The van der Waals surface area contributed by atoms with Gasteiger partial charge in [0.05, 0.1) is 17.7 Å². The van der Waals surface area contributed by atoms with E-state index in [4.69, 9.17) is 10.1 Å². The van der Waals surface area contributed by atoms with Crippen molar-refractivity contribution in [3.63, 3.8) is 0 Å². The van der Waals surface area contributed by atoms with Crippen LogP contribution in [0.25, 0.3) is 0 Å². The van der Waals surface area contributed by atoms with Gasteiger partial charge in [-0.15, -0.1) is 0 Å². The first-order valence-electron chi connectivity index (χ1n) is 7.71. The molecule has 1 N–H and O–H groups in total. The molecule has 8 nitrogen and oxygen atoms in total. The minimum absolute atomic E-state index is 0.0640. The average molecular weight is 316 g/mol. The highest BCUT2D eigenvalue weighted by atomic mass is 16.7. The van der Waals surface area contributed by atoms with E-state index in [0.29, 0.717) is 31.4 Å². The van der Waals surface area contributed by atoms with Gasteiger partial charge in [-0.2, -0.15) is 5.26 Å². The lowest BCUT2D eigenvalue weighted by Crippen LogP contribution is -2.53. The second-order valence-electron chi connectivity index (χ2n) is 6.03. The van der Waals surface area contributed by atoms with E-state index >= 15 is 0 Å². The van der Waals surface area contributed by atoms with Gasteiger partial charge < -0.3 is 9.80 Å². The van der Waals surface area contributed by atoms with Crippen LogP contribution >= 0.6 is 0 Å². The van der Waals surface area contributed by atoms with Crippen molar-refractivity contribution >= 4 is 17.5 Å². The van der Waals surface area contributed by atoms with Crippen molar-refractivity contribution in [2.75, 3.05) is 30.5 Å². The number of piperidine rings is 1. The summed E-state index contributed by atoms with van der Waals surface area (Å²) in [6, 6.07) is 2.08. The van der Waals surface area contributed by atoms with Gasteiger partial charge in [-0.3, -0.25) is 9.63 Å². The molecule has 1 aromatic heterocycles. The van der Waals surface area contributed by atoms with E-state index < -0.39 is 0 Å². The van der Waals surface area contributed by atoms with Gasteiger partial charge in [-0.05, 0) is 12.3 Å². The average Bonchev–Trinajstić information content (AvgIpc) is 3.03. The number of rotatable bonds is 3. The number of nitrogens with zero attached hydrogens (tertiary/aromatic N) is 5. The van der Waals surface area contributed by atoms with E-state index in [1.807, 2.05) is 13.1 Å². The Balaban J connectivity index is 1.80. The zero-order valence-electron chi connectivity index (χ0n) is 13.3. The lowest BCUT2D eigenvalue weighted by molar-refractivity contribution is -0.131. The van der Waals surface area contributed by atoms with E-state index in [9.17, 15) is 4.79 Å². The quantitative estimate of drug-likeness (QED) is 0.886. The highest BCUT2D eigenvalue weighted by Gasteiger charge is 2.33. The molecule has 1 amide bonds. The smallest absolute Gasteiger partial charge is 0.236 e. The second-order valence-corrected chi connectivity index (χ2v) is 6.03. The van der Waals surface area contributed by atoms with Crippen LogP contribution in [0.3, 0.4) is 0 Å². The van der Waals surface area contributed by atoms with Crippen LogP contribution in [0, 0.1) is 17.2 Å². The van der Waals surface area contributed by atoms with Crippen LogP contribution in [0.15, 0.2) is 6.33 Å². The molecule has 1 fully saturated rings. The number of likely N-dealkylation sites (tertiary alicyclic amines) is 1. The van der Waals surface area contributed by atoms with Gasteiger partial charge in [-0.25, -0.2) is 15.4 Å². The molecule has 0 aliphatic carbocycles. The maximum Gasteiger partial charge on any atom is 0.236 e. The third kappa shape index (κ3) is 2.92. The maximum atomic E-state index is 12.0. The molecule has 0 aromatic carbocycles. The van der Waals surface area contributed by atoms with Gasteiger partial charge >= 0.3 is 0 Å². The van der Waals surface area contributed by atoms with Gasteiger partial charge in [0.1, 0.15) is 25.2 Å². The Morgan fingerprint density at radius 2 is 2.43 bits per heavy atom. The van der Waals surface area contributed by atoms with E-state index in [-0.39, 0.29) is 18.4 Å². The molecule has 0 bridgehead atoms. The number of aromatic nitrogens is 2. The van der Waals surface area contributed by atoms with Gasteiger partial charge in [-0.1, -0.05) is 6.92 Å². The number of nitrogens with one attached hydrogen (secondary N) is 1. The van der Waals surface area contributed by atoms with Crippen LogP contribution in [0.1, 0.15) is 25.3 Å². The van der Waals surface area contributed by atoms with Crippen molar-refractivity contribution < 1.29 is 9.63 Å². The van der Waals surface area contributed by atoms with E-state index in [2.05, 4.69) is 27.3 Å². The standard InChI is InChI=1S/C15H20N6O2/c1-10-4-6-21(13(22)3-5-16)7-12(10)20(2)15-11-8-23-19-14(11)17-9-18-15/h9-10,12H,3-4,6-8H2,1-2H3,(H,17,18,19)/t10-,12?/m1/s1. The lowest BCUT2D eigenvalue weighted by atomic mass is 9.92. The summed E-state index contributed by atoms with van der Waals surface area (Å²) in [6.45, 7) is 3.92. The molecule has 8 heteroatoms. The monoisotopic (exact) mass is 316 g/mol. The first kappa shape index (κ1) is 15.5. The summed E-state index contributed by atoms with van der Waals surface area (Å²) in [6.07, 6.45) is 2.36. The topological polar surface area (TPSA) is 94.4 Å². The minimum atomic E-state index is -0.101. The van der Waals surface area contributed by atoms with Crippen LogP contribution in [0.5, 0.6) is 0 Å². The predicted octanol–water partition coefficient (Wildman–Crippen LogP) is 0.921. The molecule has 0 saturated carbocycles. The summed E-state index contributed by atoms with van der Waals surface area (Å²) in [5, 5.41) is 8.73. The molecular weight excluding hydrogens is 296 g/mol. The van der Waals surface area contributed by atoms with Gasteiger partial charge in [0.2, 0.25) is 5.91 Å². The molecule has 122 valence electrons. The van der Waals surface area contributed by atoms with Crippen LogP contribution in [-0.4, -0.2) is 47.0 Å². The molecule has 23 heavy (non-hydrogen) atoms. The van der Waals surface area contributed by atoms with Crippen molar-refractivity contribution in [3.05, 3.63) is 11.9 Å². The fraction of sp³-hybridized carbons (Fsp3) is 0.600. The van der Waals surface area contributed by atoms with Crippen molar-refractivity contribution in [2.45, 2.75) is 32.4 Å². The van der Waals surface area contributed by atoms with Crippen LogP contribution in [0.4, 0.5) is 11.6 Å². The normalized spacial score (nSPS) is 22.9. The van der Waals surface area contributed by atoms with Crippen molar-refractivity contribution in [1.82, 2.24) is 14.9 Å². The van der Waals surface area contributed by atoms with Crippen molar-refractivity contribution in [1.29, 1.82) is 5.26 Å². The summed E-state index contributed by atoms with van der Waals surface area (Å²) in [5.41, 5.74) is 3.71. The van der Waals surface area contributed by atoms with Gasteiger partial charge in [0.25, 0.3) is 0 Å². The van der Waals surface area contributed by atoms with Gasteiger partial charge in [0.15, 0.2) is 5.82 Å². The molecule has 0 radical (unpaired) electrons. The largest absolute Gasteiger partial charge is 0.354 e. The molecular formula is C15H20N6O2. The second kappa shape index (κ2) is 6.38. The molecule has 1 unspecified atom stereocenters. The summed E-state index contributed by atoms with van der Waals surface area (Å²) >= 11 is 0. The maximum absolute atomic E-state index is 12.0. The Labute approximate surface area is 135 Å². The number of hydrogen-bond donors (Lipinski definition) is 1. The molecule has 3 heterocycles. The molecule has 2 aliphatic rings. The van der Waals surface area contributed by atoms with Crippen LogP contribution in [0.2, 0.25) is 0 Å². The number of amides is 1. The van der Waals surface area contributed by atoms with Crippen molar-refractivity contribution in [2.24, 2.45) is 5.92 Å².